The molecule has 0 fully saturated rings. The van der Waals surface area contributed by atoms with Crippen LogP contribution in [0.15, 0.2) is 24.3 Å². The Labute approximate surface area is 110 Å². The van der Waals surface area contributed by atoms with Crippen molar-refractivity contribution in [3.05, 3.63) is 24.3 Å². The molecule has 1 aliphatic rings. The largest absolute Gasteiger partial charge is 0.478 e. The SMILES string of the molecule is COCCC(=O)N1CC(C(=O)O)Oc2ccccc21. The summed E-state index contributed by atoms with van der Waals surface area (Å²) < 4.78 is 10.2. The number of aliphatic carboxylic acids is 1. The molecule has 1 aromatic carbocycles. The van der Waals surface area contributed by atoms with E-state index in [4.69, 9.17) is 14.6 Å². The molecule has 0 spiro atoms. The van der Waals surface area contributed by atoms with E-state index in [2.05, 4.69) is 0 Å². The van der Waals surface area contributed by atoms with Gasteiger partial charge in [0, 0.05) is 7.11 Å². The Morgan fingerprint density at radius 3 is 2.89 bits per heavy atom. The lowest BCUT2D eigenvalue weighted by molar-refractivity contribution is -0.145. The van der Waals surface area contributed by atoms with E-state index >= 15 is 0 Å². The van der Waals surface area contributed by atoms with Crippen molar-refractivity contribution in [1.82, 2.24) is 0 Å². The number of amides is 1. The summed E-state index contributed by atoms with van der Waals surface area (Å²) >= 11 is 0. The molecule has 6 nitrogen and oxygen atoms in total. The van der Waals surface area contributed by atoms with Crippen LogP contribution in [0.5, 0.6) is 5.75 Å². The van der Waals surface area contributed by atoms with Gasteiger partial charge in [-0.1, -0.05) is 12.1 Å². The molecule has 1 amide bonds. The first-order valence-corrected chi connectivity index (χ1v) is 5.91. The predicted octanol–water partition coefficient (Wildman–Crippen LogP) is 0.902. The number of anilines is 1. The van der Waals surface area contributed by atoms with Gasteiger partial charge in [-0.25, -0.2) is 4.79 Å². The molecule has 0 saturated heterocycles. The van der Waals surface area contributed by atoms with E-state index in [-0.39, 0.29) is 18.9 Å². The fourth-order valence-electron chi connectivity index (χ4n) is 1.92. The van der Waals surface area contributed by atoms with E-state index in [1.807, 2.05) is 0 Å². The first-order chi connectivity index (χ1) is 9.13. The van der Waals surface area contributed by atoms with Gasteiger partial charge in [0.05, 0.1) is 25.3 Å². The van der Waals surface area contributed by atoms with Crippen molar-refractivity contribution in [3.8, 4) is 5.75 Å². The lowest BCUT2D eigenvalue weighted by Crippen LogP contribution is -2.47. The fraction of sp³-hybridized carbons (Fsp3) is 0.385. The van der Waals surface area contributed by atoms with Crippen LogP contribution in [0.1, 0.15) is 6.42 Å². The number of carboxylic acid groups (broad SMARTS) is 1. The normalized spacial score (nSPS) is 17.5. The molecular formula is C13H15NO5. The molecule has 1 heterocycles. The molecule has 1 aromatic rings. The second kappa shape index (κ2) is 5.71. The molecule has 0 aliphatic carbocycles. The van der Waals surface area contributed by atoms with Gasteiger partial charge >= 0.3 is 5.97 Å². The van der Waals surface area contributed by atoms with Gasteiger partial charge in [-0.15, -0.1) is 0 Å². The number of hydrogen-bond acceptors (Lipinski definition) is 4. The molecular weight excluding hydrogens is 250 g/mol. The van der Waals surface area contributed by atoms with Crippen molar-refractivity contribution in [2.45, 2.75) is 12.5 Å². The minimum atomic E-state index is -1.08. The second-order valence-electron chi connectivity index (χ2n) is 4.16. The second-order valence-corrected chi connectivity index (χ2v) is 4.16. The number of nitrogens with zero attached hydrogens (tertiary/aromatic N) is 1. The van der Waals surface area contributed by atoms with E-state index in [9.17, 15) is 9.59 Å². The van der Waals surface area contributed by atoms with Gasteiger partial charge in [0.25, 0.3) is 0 Å². The highest BCUT2D eigenvalue weighted by Crippen LogP contribution is 2.33. The number of para-hydroxylation sites is 2. The molecule has 1 aliphatic heterocycles. The first kappa shape index (κ1) is 13.4. The minimum absolute atomic E-state index is 0.00882. The van der Waals surface area contributed by atoms with Crippen LogP contribution in [0.3, 0.4) is 0 Å². The number of fused-ring (bicyclic) bond motifs is 1. The van der Waals surface area contributed by atoms with Crippen LogP contribution in [-0.4, -0.2) is 43.3 Å². The summed E-state index contributed by atoms with van der Waals surface area (Å²) in [7, 11) is 1.51. The van der Waals surface area contributed by atoms with E-state index in [1.165, 1.54) is 12.0 Å². The van der Waals surface area contributed by atoms with Crippen LogP contribution in [0, 0.1) is 0 Å². The first-order valence-electron chi connectivity index (χ1n) is 5.91. The number of benzene rings is 1. The molecule has 19 heavy (non-hydrogen) atoms. The molecule has 0 saturated carbocycles. The summed E-state index contributed by atoms with van der Waals surface area (Å²) in [5, 5.41) is 9.05. The third-order valence-electron chi connectivity index (χ3n) is 2.87. The van der Waals surface area contributed by atoms with Crippen molar-refractivity contribution in [2.24, 2.45) is 0 Å². The number of rotatable bonds is 4. The Morgan fingerprint density at radius 2 is 2.21 bits per heavy atom. The van der Waals surface area contributed by atoms with Gasteiger partial charge in [0.1, 0.15) is 5.75 Å². The zero-order valence-electron chi connectivity index (χ0n) is 10.5. The molecule has 1 N–H and O–H groups in total. The Bertz CT molecular complexity index is 488. The van der Waals surface area contributed by atoms with Crippen molar-refractivity contribution in [2.75, 3.05) is 25.2 Å². The maximum absolute atomic E-state index is 12.1. The van der Waals surface area contributed by atoms with Crippen LogP contribution >= 0.6 is 0 Å². The minimum Gasteiger partial charge on any atom is -0.478 e. The molecule has 0 aromatic heterocycles. The molecule has 0 bridgehead atoms. The average molecular weight is 265 g/mol. The van der Waals surface area contributed by atoms with Crippen LogP contribution in [-0.2, 0) is 14.3 Å². The maximum Gasteiger partial charge on any atom is 0.346 e. The zero-order chi connectivity index (χ0) is 13.8. The number of methoxy groups -OCH3 is 1. The summed E-state index contributed by atoms with van der Waals surface area (Å²) in [6.45, 7) is 0.311. The Hall–Kier alpha value is -2.08. The van der Waals surface area contributed by atoms with Crippen molar-refractivity contribution in [1.29, 1.82) is 0 Å². The van der Waals surface area contributed by atoms with Crippen LogP contribution in [0.25, 0.3) is 0 Å². The number of carbonyl (C=O) groups excluding carboxylic acids is 1. The van der Waals surface area contributed by atoms with E-state index in [0.29, 0.717) is 18.0 Å². The van der Waals surface area contributed by atoms with Gasteiger partial charge in [-0.05, 0) is 12.1 Å². The molecule has 102 valence electrons. The summed E-state index contributed by atoms with van der Waals surface area (Å²) in [6, 6.07) is 6.90. The lowest BCUT2D eigenvalue weighted by atomic mass is 10.1. The monoisotopic (exact) mass is 265 g/mol. The molecule has 6 heteroatoms. The van der Waals surface area contributed by atoms with Crippen molar-refractivity contribution < 1.29 is 24.2 Å². The average Bonchev–Trinajstić information content (AvgIpc) is 2.43. The van der Waals surface area contributed by atoms with Gasteiger partial charge < -0.3 is 19.5 Å². The lowest BCUT2D eigenvalue weighted by Gasteiger charge is -2.33. The number of carboxylic acids is 1. The number of hydrogen-bond donors (Lipinski definition) is 1. The summed E-state index contributed by atoms with van der Waals surface area (Å²) in [4.78, 5) is 24.6. The van der Waals surface area contributed by atoms with Gasteiger partial charge in [0.15, 0.2) is 0 Å². The quantitative estimate of drug-likeness (QED) is 0.875. The third-order valence-corrected chi connectivity index (χ3v) is 2.87. The number of carbonyl (C=O) groups is 2. The molecule has 1 unspecified atom stereocenters. The smallest absolute Gasteiger partial charge is 0.346 e. The summed E-state index contributed by atoms with van der Waals surface area (Å²) in [5.74, 6) is -0.852. The van der Waals surface area contributed by atoms with Crippen LogP contribution < -0.4 is 9.64 Å². The standard InChI is InChI=1S/C13H15NO5/c1-18-7-6-12(15)14-8-11(13(16)17)19-10-5-3-2-4-9(10)14/h2-5,11H,6-8H2,1H3,(H,16,17). The van der Waals surface area contributed by atoms with E-state index in [1.54, 1.807) is 24.3 Å². The highest BCUT2D eigenvalue weighted by atomic mass is 16.5. The number of ether oxygens (including phenoxy) is 2. The highest BCUT2D eigenvalue weighted by Gasteiger charge is 2.33. The third kappa shape index (κ3) is 2.85. The Balaban J connectivity index is 2.26. The van der Waals surface area contributed by atoms with Gasteiger partial charge in [0.2, 0.25) is 12.0 Å². The zero-order valence-corrected chi connectivity index (χ0v) is 10.5. The highest BCUT2D eigenvalue weighted by molar-refractivity contribution is 5.96. The Kier molecular flexibility index (Phi) is 4.01. The predicted molar refractivity (Wildman–Crippen MR) is 67.3 cm³/mol. The van der Waals surface area contributed by atoms with Crippen molar-refractivity contribution >= 4 is 17.6 Å². The van der Waals surface area contributed by atoms with Gasteiger partial charge in [-0.2, -0.15) is 0 Å². The fourth-order valence-corrected chi connectivity index (χ4v) is 1.92. The summed E-state index contributed by atoms with van der Waals surface area (Å²) in [6.07, 6.45) is -0.835. The van der Waals surface area contributed by atoms with Gasteiger partial charge in [-0.3, -0.25) is 4.79 Å². The van der Waals surface area contributed by atoms with E-state index in [0.717, 1.165) is 0 Å². The van der Waals surface area contributed by atoms with Crippen LogP contribution in [0.2, 0.25) is 0 Å². The maximum atomic E-state index is 12.1. The molecule has 1 atom stereocenters. The Morgan fingerprint density at radius 1 is 1.47 bits per heavy atom. The molecule has 2 rings (SSSR count). The van der Waals surface area contributed by atoms with Crippen molar-refractivity contribution in [3.63, 3.8) is 0 Å². The topological polar surface area (TPSA) is 76.1 Å². The van der Waals surface area contributed by atoms with E-state index < -0.39 is 12.1 Å². The summed E-state index contributed by atoms with van der Waals surface area (Å²) in [5.41, 5.74) is 0.598. The van der Waals surface area contributed by atoms with Crippen LogP contribution in [0.4, 0.5) is 5.69 Å². The molecule has 0 radical (unpaired) electrons.